The number of carboxylic acids is 1. The highest BCUT2D eigenvalue weighted by atomic mass is 19.3. The van der Waals surface area contributed by atoms with Crippen LogP contribution in [0.2, 0.25) is 0 Å². The summed E-state index contributed by atoms with van der Waals surface area (Å²) in [5, 5.41) is 10.8. The molecule has 1 fully saturated rings. The summed E-state index contributed by atoms with van der Waals surface area (Å²) in [6.07, 6.45) is -0.939. The smallest absolute Gasteiger partial charge is 0.315 e. The summed E-state index contributed by atoms with van der Waals surface area (Å²) in [5.41, 5.74) is -0.959. The summed E-state index contributed by atoms with van der Waals surface area (Å²) >= 11 is 0. The average Bonchev–Trinajstić information content (AvgIpc) is 2.51. The van der Waals surface area contributed by atoms with Gasteiger partial charge in [-0.2, -0.15) is 8.78 Å². The first-order valence-corrected chi connectivity index (χ1v) is 4.77. The van der Waals surface area contributed by atoms with Gasteiger partial charge >= 0.3 is 12.4 Å². The van der Waals surface area contributed by atoms with Crippen molar-refractivity contribution in [2.75, 3.05) is 0 Å². The van der Waals surface area contributed by atoms with Gasteiger partial charge in [-0.25, -0.2) is 0 Å². The quantitative estimate of drug-likeness (QED) is 0.748. The van der Waals surface area contributed by atoms with Crippen LogP contribution in [0.4, 0.5) is 8.78 Å². The highest BCUT2D eigenvalue weighted by Gasteiger charge is 2.38. The summed E-state index contributed by atoms with van der Waals surface area (Å²) in [6, 6.07) is 0. The summed E-state index contributed by atoms with van der Waals surface area (Å²) < 4.78 is 24.1. The number of hydrogen-bond donors (Lipinski definition) is 2. The van der Waals surface area contributed by atoms with Gasteiger partial charge in [0.2, 0.25) is 0 Å². The molecule has 0 heterocycles. The highest BCUT2D eigenvalue weighted by Crippen LogP contribution is 2.32. The Balaban J connectivity index is 2.65. The largest absolute Gasteiger partial charge is 0.481 e. The topological polar surface area (TPSA) is 66.4 Å². The minimum atomic E-state index is -3.09. The first-order chi connectivity index (χ1) is 6.95. The number of carbonyl (C=O) groups excluding carboxylic acids is 1. The Bertz CT molecular complexity index is 262. The first kappa shape index (κ1) is 11.9. The van der Waals surface area contributed by atoms with Gasteiger partial charge in [-0.1, -0.05) is 12.8 Å². The van der Waals surface area contributed by atoms with Crippen molar-refractivity contribution in [2.24, 2.45) is 0 Å². The molecule has 0 saturated heterocycles. The lowest BCUT2D eigenvalue weighted by molar-refractivity contribution is -0.140. The maximum atomic E-state index is 12.0. The van der Waals surface area contributed by atoms with E-state index in [1.54, 1.807) is 0 Å². The van der Waals surface area contributed by atoms with E-state index in [4.69, 9.17) is 5.11 Å². The zero-order valence-electron chi connectivity index (χ0n) is 8.13. The fourth-order valence-corrected chi connectivity index (χ4v) is 2.00. The number of carbonyl (C=O) groups is 2. The van der Waals surface area contributed by atoms with Crippen molar-refractivity contribution >= 4 is 11.9 Å². The molecule has 0 unspecified atom stereocenters. The Morgan fingerprint density at radius 3 is 2.27 bits per heavy atom. The third-order valence-electron chi connectivity index (χ3n) is 2.64. The molecule has 0 aliphatic heterocycles. The van der Waals surface area contributed by atoms with Crippen LogP contribution in [-0.2, 0) is 9.59 Å². The molecule has 0 bridgehead atoms. The van der Waals surface area contributed by atoms with E-state index in [-0.39, 0.29) is 6.42 Å². The van der Waals surface area contributed by atoms with Crippen LogP contribution in [0.25, 0.3) is 0 Å². The Labute approximate surface area is 85.7 Å². The second-order valence-electron chi connectivity index (χ2n) is 3.85. The van der Waals surface area contributed by atoms with E-state index in [1.807, 2.05) is 0 Å². The zero-order chi connectivity index (χ0) is 11.5. The molecule has 4 nitrogen and oxygen atoms in total. The fraction of sp³-hybridized carbons (Fsp3) is 0.778. The first-order valence-electron chi connectivity index (χ1n) is 4.77. The van der Waals surface area contributed by atoms with Crippen LogP contribution in [-0.4, -0.2) is 28.9 Å². The van der Waals surface area contributed by atoms with Crippen molar-refractivity contribution in [3.8, 4) is 0 Å². The van der Waals surface area contributed by atoms with Gasteiger partial charge in [0, 0.05) is 0 Å². The minimum absolute atomic E-state index is 0.286. The second kappa shape index (κ2) is 4.55. The normalized spacial score (nSPS) is 19.1. The Kier molecular flexibility index (Phi) is 3.60. The molecule has 86 valence electrons. The number of carboxylic acid groups (broad SMARTS) is 1. The third-order valence-corrected chi connectivity index (χ3v) is 2.64. The van der Waals surface area contributed by atoms with Gasteiger partial charge in [-0.15, -0.1) is 0 Å². The van der Waals surface area contributed by atoms with E-state index in [1.165, 1.54) is 0 Å². The predicted molar refractivity (Wildman–Crippen MR) is 47.6 cm³/mol. The van der Waals surface area contributed by atoms with E-state index in [9.17, 15) is 18.4 Å². The molecular weight excluding hydrogens is 208 g/mol. The molecule has 1 amide bonds. The molecule has 15 heavy (non-hydrogen) atoms. The number of alkyl halides is 2. The van der Waals surface area contributed by atoms with Gasteiger partial charge in [0.1, 0.15) is 0 Å². The number of rotatable bonds is 4. The monoisotopic (exact) mass is 221 g/mol. The van der Waals surface area contributed by atoms with Crippen LogP contribution in [0, 0.1) is 0 Å². The molecule has 0 aromatic rings. The van der Waals surface area contributed by atoms with Crippen LogP contribution in [0.3, 0.4) is 0 Å². The van der Waals surface area contributed by atoms with E-state index < -0.39 is 23.8 Å². The van der Waals surface area contributed by atoms with Crippen molar-refractivity contribution < 1.29 is 23.5 Å². The number of aliphatic carboxylic acids is 1. The van der Waals surface area contributed by atoms with E-state index in [2.05, 4.69) is 5.32 Å². The van der Waals surface area contributed by atoms with Gasteiger partial charge in [-0.3, -0.25) is 9.59 Å². The summed E-state index contributed by atoms with van der Waals surface area (Å²) in [5.74, 6) is -2.45. The minimum Gasteiger partial charge on any atom is -0.481 e. The molecule has 0 aromatic carbocycles. The van der Waals surface area contributed by atoms with Crippen molar-refractivity contribution in [3.05, 3.63) is 0 Å². The van der Waals surface area contributed by atoms with Gasteiger partial charge in [-0.05, 0) is 12.8 Å². The van der Waals surface area contributed by atoms with E-state index in [0.29, 0.717) is 12.8 Å². The molecule has 0 radical (unpaired) electrons. The van der Waals surface area contributed by atoms with Gasteiger partial charge < -0.3 is 10.4 Å². The van der Waals surface area contributed by atoms with Crippen LogP contribution in [0.15, 0.2) is 0 Å². The van der Waals surface area contributed by atoms with Gasteiger partial charge in [0.25, 0.3) is 5.91 Å². The zero-order valence-corrected chi connectivity index (χ0v) is 8.13. The van der Waals surface area contributed by atoms with Crippen molar-refractivity contribution in [1.29, 1.82) is 0 Å². The predicted octanol–water partition coefficient (Wildman–Crippen LogP) is 1.16. The fourth-order valence-electron chi connectivity index (χ4n) is 2.00. The summed E-state index contributed by atoms with van der Waals surface area (Å²) in [4.78, 5) is 21.4. The molecule has 1 rings (SSSR count). The summed E-state index contributed by atoms with van der Waals surface area (Å²) in [7, 11) is 0. The Morgan fingerprint density at radius 1 is 1.33 bits per heavy atom. The lowest BCUT2D eigenvalue weighted by Crippen LogP contribution is -2.49. The molecule has 6 heteroatoms. The lowest BCUT2D eigenvalue weighted by Gasteiger charge is -2.28. The van der Waals surface area contributed by atoms with E-state index in [0.717, 1.165) is 12.8 Å². The molecule has 1 aliphatic rings. The van der Waals surface area contributed by atoms with Gasteiger partial charge in [0.15, 0.2) is 0 Å². The second-order valence-corrected chi connectivity index (χ2v) is 3.85. The molecular formula is C9H13F2NO3. The SMILES string of the molecule is O=C(O)CC1(NC(=O)C(F)F)CCCC1. The third kappa shape index (κ3) is 3.14. The maximum absolute atomic E-state index is 12.0. The molecule has 1 aliphatic carbocycles. The van der Waals surface area contributed by atoms with Crippen LogP contribution in [0.5, 0.6) is 0 Å². The van der Waals surface area contributed by atoms with Crippen molar-refractivity contribution in [3.63, 3.8) is 0 Å². The number of hydrogen-bond acceptors (Lipinski definition) is 2. The number of amides is 1. The molecule has 1 saturated carbocycles. The van der Waals surface area contributed by atoms with Crippen LogP contribution >= 0.6 is 0 Å². The average molecular weight is 221 g/mol. The maximum Gasteiger partial charge on any atom is 0.315 e. The number of halogens is 2. The van der Waals surface area contributed by atoms with Crippen LogP contribution < -0.4 is 5.32 Å². The van der Waals surface area contributed by atoms with Crippen molar-refractivity contribution in [2.45, 2.75) is 44.1 Å². The standard InChI is InChI=1S/C9H13F2NO3/c10-7(11)8(15)12-9(5-6(13)14)3-1-2-4-9/h7H,1-5H2,(H,12,15)(H,13,14). The van der Waals surface area contributed by atoms with Crippen molar-refractivity contribution in [1.82, 2.24) is 5.32 Å². The van der Waals surface area contributed by atoms with Gasteiger partial charge in [0.05, 0.1) is 12.0 Å². The highest BCUT2D eigenvalue weighted by molar-refractivity contribution is 5.81. The molecule has 2 N–H and O–H groups in total. The van der Waals surface area contributed by atoms with E-state index >= 15 is 0 Å². The lowest BCUT2D eigenvalue weighted by atomic mass is 9.93. The molecule has 0 spiro atoms. The summed E-state index contributed by atoms with van der Waals surface area (Å²) in [6.45, 7) is 0. The van der Waals surface area contributed by atoms with Crippen LogP contribution in [0.1, 0.15) is 32.1 Å². The molecule has 0 aromatic heterocycles. The molecule has 0 atom stereocenters. The Hall–Kier alpha value is -1.20. The number of nitrogens with one attached hydrogen (secondary N) is 1. The Morgan fingerprint density at radius 2 is 1.87 bits per heavy atom.